The van der Waals surface area contributed by atoms with Crippen LogP contribution in [-0.2, 0) is 9.59 Å². The Morgan fingerprint density at radius 2 is 2.05 bits per heavy atom. The van der Waals surface area contributed by atoms with E-state index in [0.717, 1.165) is 18.6 Å². The lowest BCUT2D eigenvalue weighted by molar-refractivity contribution is -0.149. The van der Waals surface area contributed by atoms with Gasteiger partial charge in [0.1, 0.15) is 0 Å². The molecule has 0 aliphatic carbocycles. The van der Waals surface area contributed by atoms with E-state index in [1.54, 1.807) is 0 Å². The number of amides is 3. The van der Waals surface area contributed by atoms with E-state index >= 15 is 0 Å². The van der Waals surface area contributed by atoms with E-state index in [1.807, 2.05) is 11.8 Å². The predicted octanol–water partition coefficient (Wildman–Crippen LogP) is 1.21. The minimum atomic E-state index is -1.17. The Morgan fingerprint density at radius 1 is 1.37 bits per heavy atom. The number of imide groups is 1. The molecule has 1 rings (SSSR count). The molecule has 0 radical (unpaired) electrons. The highest BCUT2D eigenvalue weighted by atomic mass is 32.2. The molecule has 1 aliphatic heterocycles. The fraction of sp³-hybridized carbons (Fsp3) is 0.750. The van der Waals surface area contributed by atoms with Crippen molar-refractivity contribution in [1.29, 1.82) is 0 Å². The van der Waals surface area contributed by atoms with Gasteiger partial charge in [-0.2, -0.15) is 11.8 Å². The Balaban J connectivity index is 2.27. The summed E-state index contributed by atoms with van der Waals surface area (Å²) in [5.74, 6) is -0.533. The maximum Gasteiger partial charge on any atom is 0.321 e. The molecule has 0 aromatic heterocycles. The van der Waals surface area contributed by atoms with Crippen LogP contribution < -0.4 is 10.6 Å². The molecule has 0 saturated carbocycles. The van der Waals surface area contributed by atoms with Crippen LogP contribution in [0.4, 0.5) is 4.79 Å². The van der Waals surface area contributed by atoms with Crippen LogP contribution >= 0.6 is 11.8 Å². The Kier molecular flexibility index (Phi) is 5.65. The molecule has 19 heavy (non-hydrogen) atoms. The predicted molar refractivity (Wildman–Crippen MR) is 73.1 cm³/mol. The third-order valence-electron chi connectivity index (χ3n) is 2.95. The van der Waals surface area contributed by atoms with Crippen molar-refractivity contribution in [2.75, 3.05) is 12.3 Å². The summed E-state index contributed by atoms with van der Waals surface area (Å²) in [6.45, 7) is 3.43. The average molecular weight is 288 g/mol. The van der Waals surface area contributed by atoms with Gasteiger partial charge in [0.05, 0.1) is 5.41 Å². The number of hydrogen-bond acceptors (Lipinski definition) is 4. The molecule has 0 bridgehead atoms. The molecule has 1 saturated heterocycles. The van der Waals surface area contributed by atoms with E-state index in [2.05, 4.69) is 10.6 Å². The monoisotopic (exact) mass is 288 g/mol. The molecule has 0 aromatic rings. The number of thioether (sulfide) groups is 1. The van der Waals surface area contributed by atoms with Crippen LogP contribution in [0, 0.1) is 5.41 Å². The second kappa shape index (κ2) is 6.79. The van der Waals surface area contributed by atoms with E-state index < -0.39 is 23.3 Å². The molecule has 1 atom stereocenters. The lowest BCUT2D eigenvalue weighted by Gasteiger charge is -2.18. The normalized spacial score (nSPS) is 18.9. The molecule has 1 heterocycles. The summed E-state index contributed by atoms with van der Waals surface area (Å²) in [4.78, 5) is 33.9. The van der Waals surface area contributed by atoms with Crippen LogP contribution in [0.25, 0.3) is 0 Å². The number of carbonyl (C=O) groups excluding carboxylic acids is 2. The number of carbonyl (C=O) groups is 3. The minimum Gasteiger partial charge on any atom is -0.481 e. The van der Waals surface area contributed by atoms with Gasteiger partial charge in [-0.1, -0.05) is 0 Å². The van der Waals surface area contributed by atoms with Gasteiger partial charge in [0.2, 0.25) is 5.91 Å². The minimum absolute atomic E-state index is 0.228. The number of hydrogen-bond donors (Lipinski definition) is 3. The smallest absolute Gasteiger partial charge is 0.321 e. The quantitative estimate of drug-likeness (QED) is 0.706. The first-order valence-corrected chi connectivity index (χ1v) is 7.29. The van der Waals surface area contributed by atoms with Gasteiger partial charge in [0.15, 0.2) is 0 Å². The van der Waals surface area contributed by atoms with Crippen LogP contribution in [0.1, 0.15) is 33.1 Å². The summed E-state index contributed by atoms with van der Waals surface area (Å²) in [6, 6.07) is -0.557. The molecular weight excluding hydrogens is 268 g/mol. The van der Waals surface area contributed by atoms with Gasteiger partial charge in [-0.05, 0) is 32.4 Å². The highest BCUT2D eigenvalue weighted by Gasteiger charge is 2.30. The number of aliphatic carboxylic acids is 1. The largest absolute Gasteiger partial charge is 0.481 e. The van der Waals surface area contributed by atoms with Crippen molar-refractivity contribution in [3.8, 4) is 0 Å². The van der Waals surface area contributed by atoms with Crippen molar-refractivity contribution in [2.45, 2.75) is 38.4 Å². The fourth-order valence-electron chi connectivity index (χ4n) is 1.70. The summed E-state index contributed by atoms with van der Waals surface area (Å²) in [5.41, 5.74) is -1.17. The SMILES string of the molecule is CC(C)(CC(=O)NC(=O)NCC1CCCS1)C(=O)O. The molecule has 1 fully saturated rings. The molecule has 6 nitrogen and oxygen atoms in total. The van der Waals surface area contributed by atoms with Crippen LogP contribution in [0.2, 0.25) is 0 Å². The van der Waals surface area contributed by atoms with E-state index in [-0.39, 0.29) is 6.42 Å². The first-order chi connectivity index (χ1) is 8.81. The zero-order valence-electron chi connectivity index (χ0n) is 11.2. The molecule has 1 unspecified atom stereocenters. The Hall–Kier alpha value is -1.24. The third-order valence-corrected chi connectivity index (χ3v) is 4.35. The van der Waals surface area contributed by atoms with Crippen molar-refractivity contribution in [3.05, 3.63) is 0 Å². The van der Waals surface area contributed by atoms with Crippen LogP contribution in [0.5, 0.6) is 0 Å². The lowest BCUT2D eigenvalue weighted by Crippen LogP contribution is -2.43. The van der Waals surface area contributed by atoms with Crippen molar-refractivity contribution in [1.82, 2.24) is 10.6 Å². The second-order valence-electron chi connectivity index (χ2n) is 5.26. The molecule has 108 valence electrons. The van der Waals surface area contributed by atoms with E-state index in [4.69, 9.17) is 5.11 Å². The standard InChI is InChI=1S/C12H20N2O4S/c1-12(2,10(16)17)6-9(15)14-11(18)13-7-8-4-3-5-19-8/h8H,3-7H2,1-2H3,(H,16,17)(H2,13,14,15,18). The molecule has 0 aromatic carbocycles. The van der Waals surface area contributed by atoms with Gasteiger partial charge >= 0.3 is 12.0 Å². The fourth-order valence-corrected chi connectivity index (χ4v) is 2.91. The number of urea groups is 1. The van der Waals surface area contributed by atoms with Crippen LogP contribution in [0.15, 0.2) is 0 Å². The maximum atomic E-state index is 11.5. The summed E-state index contributed by atoms with van der Waals surface area (Å²) >= 11 is 1.81. The van der Waals surface area contributed by atoms with Gasteiger partial charge in [0.25, 0.3) is 0 Å². The van der Waals surface area contributed by atoms with Crippen LogP contribution in [0.3, 0.4) is 0 Å². The van der Waals surface area contributed by atoms with E-state index in [0.29, 0.717) is 11.8 Å². The Labute approximate surface area is 116 Å². The van der Waals surface area contributed by atoms with Crippen molar-refractivity contribution in [3.63, 3.8) is 0 Å². The van der Waals surface area contributed by atoms with Gasteiger partial charge in [0, 0.05) is 18.2 Å². The second-order valence-corrected chi connectivity index (χ2v) is 6.67. The molecule has 3 N–H and O–H groups in total. The highest BCUT2D eigenvalue weighted by molar-refractivity contribution is 8.00. The number of carboxylic acid groups (broad SMARTS) is 1. The Morgan fingerprint density at radius 3 is 2.58 bits per heavy atom. The van der Waals surface area contributed by atoms with Gasteiger partial charge in [-0.3, -0.25) is 14.9 Å². The third kappa shape index (κ3) is 5.50. The Bertz CT molecular complexity index is 365. The van der Waals surface area contributed by atoms with Gasteiger partial charge < -0.3 is 10.4 Å². The van der Waals surface area contributed by atoms with E-state index in [9.17, 15) is 14.4 Å². The maximum absolute atomic E-state index is 11.5. The molecule has 1 aliphatic rings. The van der Waals surface area contributed by atoms with Crippen LogP contribution in [-0.4, -0.2) is 40.6 Å². The summed E-state index contributed by atoms with van der Waals surface area (Å²) in [6.07, 6.45) is 2.00. The molecule has 7 heteroatoms. The van der Waals surface area contributed by atoms with Gasteiger partial charge in [-0.15, -0.1) is 0 Å². The van der Waals surface area contributed by atoms with Crippen molar-refractivity contribution >= 4 is 29.7 Å². The number of rotatable bonds is 5. The first-order valence-electron chi connectivity index (χ1n) is 6.24. The summed E-state index contributed by atoms with van der Waals surface area (Å²) < 4.78 is 0. The van der Waals surface area contributed by atoms with Crippen molar-refractivity contribution in [2.24, 2.45) is 5.41 Å². The van der Waals surface area contributed by atoms with E-state index in [1.165, 1.54) is 13.8 Å². The molecular formula is C12H20N2O4S. The summed E-state index contributed by atoms with van der Waals surface area (Å²) in [7, 11) is 0. The summed E-state index contributed by atoms with van der Waals surface area (Å²) in [5, 5.41) is 14.1. The lowest BCUT2D eigenvalue weighted by atomic mass is 9.89. The van der Waals surface area contributed by atoms with Crippen molar-refractivity contribution < 1.29 is 19.5 Å². The van der Waals surface area contributed by atoms with Gasteiger partial charge in [-0.25, -0.2) is 4.79 Å². The average Bonchev–Trinajstić information content (AvgIpc) is 2.77. The zero-order chi connectivity index (χ0) is 14.5. The molecule has 0 spiro atoms. The molecule has 3 amide bonds. The first kappa shape index (κ1) is 15.8. The highest BCUT2D eigenvalue weighted by Crippen LogP contribution is 2.25. The number of carboxylic acids is 1. The number of nitrogens with one attached hydrogen (secondary N) is 2. The topological polar surface area (TPSA) is 95.5 Å². The zero-order valence-corrected chi connectivity index (χ0v) is 12.0.